The molecule has 0 saturated carbocycles. The van der Waals surface area contributed by atoms with Crippen LogP contribution >= 0.6 is 0 Å². The highest BCUT2D eigenvalue weighted by Crippen LogP contribution is 2.11. The van der Waals surface area contributed by atoms with Crippen LogP contribution in [-0.2, 0) is 6.42 Å². The zero-order valence-corrected chi connectivity index (χ0v) is 11.8. The van der Waals surface area contributed by atoms with Crippen molar-refractivity contribution in [1.29, 1.82) is 0 Å². The molecular weight excluding hydrogens is 271 g/mol. The Hall–Kier alpha value is -2.30. The van der Waals surface area contributed by atoms with Crippen molar-refractivity contribution in [2.24, 2.45) is 0 Å². The van der Waals surface area contributed by atoms with E-state index < -0.39 is 18.2 Å². The summed E-state index contributed by atoms with van der Waals surface area (Å²) < 4.78 is 13.5. The highest BCUT2D eigenvalue weighted by molar-refractivity contribution is 5.75. The predicted octanol–water partition coefficient (Wildman–Crippen LogP) is 2.46. The molecule has 1 aromatic rings. The number of amides is 2. The van der Waals surface area contributed by atoms with E-state index in [4.69, 9.17) is 0 Å². The highest BCUT2D eigenvalue weighted by atomic mass is 19.1. The first-order valence-corrected chi connectivity index (χ1v) is 6.88. The van der Waals surface area contributed by atoms with E-state index >= 15 is 0 Å². The molecule has 2 rings (SSSR count). The molecule has 4 nitrogen and oxygen atoms in total. The quantitative estimate of drug-likeness (QED) is 0.797. The second-order valence-electron chi connectivity index (χ2n) is 5.13. The molecule has 0 spiro atoms. The van der Waals surface area contributed by atoms with Gasteiger partial charge < -0.3 is 15.7 Å². The molecule has 21 heavy (non-hydrogen) atoms. The Morgan fingerprint density at radius 1 is 1.29 bits per heavy atom. The number of hydrogen-bond donors (Lipinski definition) is 3. The van der Waals surface area contributed by atoms with Crippen LogP contribution in [0.1, 0.15) is 12.5 Å². The van der Waals surface area contributed by atoms with E-state index in [9.17, 15) is 14.3 Å². The summed E-state index contributed by atoms with van der Waals surface area (Å²) in [5.41, 5.74) is 1.00. The Morgan fingerprint density at radius 2 is 1.95 bits per heavy atom. The van der Waals surface area contributed by atoms with Crippen molar-refractivity contribution in [3.63, 3.8) is 0 Å². The second-order valence-corrected chi connectivity index (χ2v) is 5.13. The second kappa shape index (κ2) is 6.92. The Bertz CT molecular complexity index is 540. The zero-order chi connectivity index (χ0) is 15.2. The standard InChI is InChI=1S/C16H19FN2O2/c1-11(10-12-6-8-13(20)9-7-12)18-16(21)19-15-5-3-2-4-14(15)17/h2-9,11,14-15,20H,10H2,1H3,(H2,18,19,21). The minimum atomic E-state index is -1.20. The van der Waals surface area contributed by atoms with Gasteiger partial charge in [-0.05, 0) is 37.1 Å². The number of phenolic OH excluding ortho intramolecular Hbond substituents is 1. The van der Waals surface area contributed by atoms with E-state index in [1.807, 2.05) is 6.92 Å². The van der Waals surface area contributed by atoms with Gasteiger partial charge in [0, 0.05) is 6.04 Å². The van der Waals surface area contributed by atoms with Crippen molar-refractivity contribution in [3.8, 4) is 5.75 Å². The summed E-state index contributed by atoms with van der Waals surface area (Å²) in [7, 11) is 0. The summed E-state index contributed by atoms with van der Waals surface area (Å²) in [6.45, 7) is 1.87. The van der Waals surface area contributed by atoms with Gasteiger partial charge in [-0.15, -0.1) is 0 Å². The lowest BCUT2D eigenvalue weighted by molar-refractivity contribution is 0.229. The van der Waals surface area contributed by atoms with Crippen molar-refractivity contribution in [3.05, 3.63) is 54.1 Å². The number of allylic oxidation sites excluding steroid dienone is 2. The molecule has 3 N–H and O–H groups in total. The molecule has 0 aliphatic heterocycles. The fraction of sp³-hybridized carbons (Fsp3) is 0.312. The number of benzene rings is 1. The number of halogens is 1. The van der Waals surface area contributed by atoms with Gasteiger partial charge in [-0.2, -0.15) is 0 Å². The number of alkyl halides is 1. The minimum Gasteiger partial charge on any atom is -0.508 e. The Kier molecular flexibility index (Phi) is 4.98. The monoisotopic (exact) mass is 290 g/mol. The Balaban J connectivity index is 1.80. The van der Waals surface area contributed by atoms with E-state index in [2.05, 4.69) is 10.6 Å². The molecule has 5 heteroatoms. The molecule has 0 radical (unpaired) electrons. The van der Waals surface area contributed by atoms with Crippen molar-refractivity contribution >= 4 is 6.03 Å². The normalized spacial score (nSPS) is 21.8. The minimum absolute atomic E-state index is 0.101. The van der Waals surface area contributed by atoms with Crippen molar-refractivity contribution in [2.75, 3.05) is 0 Å². The maximum atomic E-state index is 13.5. The molecule has 3 atom stereocenters. The molecule has 112 valence electrons. The van der Waals surface area contributed by atoms with Gasteiger partial charge in [-0.1, -0.05) is 30.4 Å². The molecule has 0 fully saturated rings. The number of carbonyl (C=O) groups excluding carboxylic acids is 1. The average molecular weight is 290 g/mol. The summed E-state index contributed by atoms with van der Waals surface area (Å²) >= 11 is 0. The van der Waals surface area contributed by atoms with E-state index in [-0.39, 0.29) is 11.8 Å². The molecule has 0 bridgehead atoms. The van der Waals surface area contributed by atoms with E-state index in [1.54, 1.807) is 42.5 Å². The van der Waals surface area contributed by atoms with Gasteiger partial charge >= 0.3 is 6.03 Å². The van der Waals surface area contributed by atoms with Crippen LogP contribution in [0, 0.1) is 0 Å². The molecule has 1 aromatic carbocycles. The van der Waals surface area contributed by atoms with Gasteiger partial charge in [-0.3, -0.25) is 0 Å². The van der Waals surface area contributed by atoms with Gasteiger partial charge in [0.25, 0.3) is 0 Å². The first-order valence-electron chi connectivity index (χ1n) is 6.88. The highest BCUT2D eigenvalue weighted by Gasteiger charge is 2.20. The molecule has 0 heterocycles. The Morgan fingerprint density at radius 3 is 2.62 bits per heavy atom. The van der Waals surface area contributed by atoms with Crippen LogP contribution in [0.25, 0.3) is 0 Å². The summed E-state index contributed by atoms with van der Waals surface area (Å²) in [6.07, 6.45) is 5.79. The van der Waals surface area contributed by atoms with Gasteiger partial charge in [0.05, 0.1) is 6.04 Å². The third-order valence-electron chi connectivity index (χ3n) is 3.22. The topological polar surface area (TPSA) is 61.4 Å². The lowest BCUT2D eigenvalue weighted by Crippen LogP contribution is -2.48. The van der Waals surface area contributed by atoms with Crippen LogP contribution in [0.4, 0.5) is 9.18 Å². The summed E-state index contributed by atoms with van der Waals surface area (Å²) in [5.74, 6) is 0.211. The molecule has 1 aliphatic carbocycles. The summed E-state index contributed by atoms with van der Waals surface area (Å²) in [5, 5.41) is 14.6. The third-order valence-corrected chi connectivity index (χ3v) is 3.22. The lowest BCUT2D eigenvalue weighted by atomic mass is 10.1. The van der Waals surface area contributed by atoms with E-state index in [1.165, 1.54) is 6.08 Å². The van der Waals surface area contributed by atoms with Crippen LogP contribution < -0.4 is 10.6 Å². The first-order chi connectivity index (χ1) is 10.0. The van der Waals surface area contributed by atoms with Crippen LogP contribution in [0.5, 0.6) is 5.75 Å². The van der Waals surface area contributed by atoms with Crippen molar-refractivity contribution in [1.82, 2.24) is 10.6 Å². The maximum absolute atomic E-state index is 13.5. The van der Waals surface area contributed by atoms with Crippen molar-refractivity contribution in [2.45, 2.75) is 31.6 Å². The number of urea groups is 1. The smallest absolute Gasteiger partial charge is 0.315 e. The van der Waals surface area contributed by atoms with Gasteiger partial charge in [0.1, 0.15) is 11.9 Å². The first kappa shape index (κ1) is 15.1. The largest absolute Gasteiger partial charge is 0.508 e. The summed E-state index contributed by atoms with van der Waals surface area (Å²) in [4.78, 5) is 11.8. The van der Waals surface area contributed by atoms with Gasteiger partial charge in [-0.25, -0.2) is 9.18 Å². The fourth-order valence-electron chi connectivity index (χ4n) is 2.16. The number of nitrogens with one attached hydrogen (secondary N) is 2. The number of rotatable bonds is 4. The fourth-order valence-corrected chi connectivity index (χ4v) is 2.16. The zero-order valence-electron chi connectivity index (χ0n) is 11.8. The van der Waals surface area contributed by atoms with Crippen LogP contribution in [0.3, 0.4) is 0 Å². The van der Waals surface area contributed by atoms with Gasteiger partial charge in [0.15, 0.2) is 0 Å². The van der Waals surface area contributed by atoms with E-state index in [0.29, 0.717) is 6.42 Å². The van der Waals surface area contributed by atoms with Crippen LogP contribution in [0.2, 0.25) is 0 Å². The van der Waals surface area contributed by atoms with Crippen LogP contribution in [-0.4, -0.2) is 29.4 Å². The molecule has 1 aliphatic rings. The number of phenols is 1. The average Bonchev–Trinajstić information content (AvgIpc) is 2.44. The van der Waals surface area contributed by atoms with Crippen LogP contribution in [0.15, 0.2) is 48.6 Å². The molecule has 2 amide bonds. The van der Waals surface area contributed by atoms with Gasteiger partial charge in [0.2, 0.25) is 0 Å². The molecule has 0 saturated heterocycles. The molecule has 3 unspecified atom stereocenters. The maximum Gasteiger partial charge on any atom is 0.315 e. The Labute approximate surface area is 123 Å². The lowest BCUT2D eigenvalue weighted by Gasteiger charge is -2.21. The third kappa shape index (κ3) is 4.63. The summed E-state index contributed by atoms with van der Waals surface area (Å²) in [6, 6.07) is 5.69. The van der Waals surface area contributed by atoms with Crippen molar-refractivity contribution < 1.29 is 14.3 Å². The molecule has 0 aromatic heterocycles. The molecular formula is C16H19FN2O2. The predicted molar refractivity (Wildman–Crippen MR) is 79.9 cm³/mol. The number of aromatic hydroxyl groups is 1. The number of carbonyl (C=O) groups is 1. The van der Waals surface area contributed by atoms with E-state index in [0.717, 1.165) is 5.56 Å². The number of hydrogen-bond acceptors (Lipinski definition) is 2. The SMILES string of the molecule is CC(Cc1ccc(O)cc1)NC(=O)NC1C=CC=CC1F.